The van der Waals surface area contributed by atoms with Crippen LogP contribution in [-0.4, -0.2) is 28.8 Å². The minimum atomic E-state index is -1.35. The first-order valence-electron chi connectivity index (χ1n) is 6.55. The van der Waals surface area contributed by atoms with Crippen LogP contribution in [-0.2, 0) is 0 Å². The van der Waals surface area contributed by atoms with Crippen molar-refractivity contribution in [2.45, 2.75) is 33.2 Å². The van der Waals surface area contributed by atoms with Gasteiger partial charge in [-0.15, -0.1) is 0 Å². The van der Waals surface area contributed by atoms with Crippen LogP contribution >= 0.6 is 0 Å². The van der Waals surface area contributed by atoms with Crippen LogP contribution in [0, 0.1) is 27.7 Å². The summed E-state index contributed by atoms with van der Waals surface area (Å²) in [7, 11) is 1.49. The lowest BCUT2D eigenvalue weighted by atomic mass is 10.0. The second-order valence-electron chi connectivity index (χ2n) is 5.44. The van der Waals surface area contributed by atoms with Crippen LogP contribution in [0.2, 0.25) is 0 Å². The van der Waals surface area contributed by atoms with Gasteiger partial charge in [-0.25, -0.2) is 8.78 Å². The highest BCUT2D eigenvalue weighted by Gasteiger charge is 2.28. The van der Waals surface area contributed by atoms with Gasteiger partial charge in [-0.3, -0.25) is 14.9 Å². The smallest absolute Gasteiger partial charge is 0.285 e. The number of carbonyl (C=O) groups is 1. The summed E-state index contributed by atoms with van der Waals surface area (Å²) in [5.74, 6) is -3.01. The summed E-state index contributed by atoms with van der Waals surface area (Å²) in [5.41, 5.74) is -1.18. The lowest BCUT2D eigenvalue weighted by molar-refractivity contribution is -0.385. The van der Waals surface area contributed by atoms with Crippen molar-refractivity contribution in [1.29, 1.82) is 0 Å². The number of amides is 1. The molecule has 1 amide bonds. The van der Waals surface area contributed by atoms with Crippen LogP contribution in [0.15, 0.2) is 12.1 Å². The zero-order chi connectivity index (χ0) is 16.3. The van der Waals surface area contributed by atoms with E-state index in [2.05, 4.69) is 0 Å². The maximum absolute atomic E-state index is 13.3. The summed E-state index contributed by atoms with van der Waals surface area (Å²) in [5, 5.41) is 10.9. The van der Waals surface area contributed by atoms with Crippen LogP contribution in [0.5, 0.6) is 0 Å². The van der Waals surface area contributed by atoms with E-state index in [4.69, 9.17) is 0 Å². The van der Waals surface area contributed by atoms with Gasteiger partial charge in [-0.2, -0.15) is 0 Å². The van der Waals surface area contributed by atoms with Gasteiger partial charge >= 0.3 is 0 Å². The van der Waals surface area contributed by atoms with Gasteiger partial charge in [0, 0.05) is 13.1 Å². The van der Waals surface area contributed by atoms with E-state index in [1.54, 1.807) is 6.92 Å². The highest BCUT2D eigenvalue weighted by Crippen LogP contribution is 2.24. The van der Waals surface area contributed by atoms with Gasteiger partial charge < -0.3 is 4.90 Å². The summed E-state index contributed by atoms with van der Waals surface area (Å²) in [6.07, 6.45) is 0.694. The molecule has 5 nitrogen and oxygen atoms in total. The number of nitro benzene ring substituents is 1. The average Bonchev–Trinajstić information content (AvgIpc) is 2.38. The van der Waals surface area contributed by atoms with E-state index in [0.717, 1.165) is 0 Å². The molecule has 0 aliphatic rings. The number of hydrogen-bond donors (Lipinski definition) is 0. The molecule has 1 aromatic rings. The third-order valence-electron chi connectivity index (χ3n) is 3.26. The van der Waals surface area contributed by atoms with Gasteiger partial charge in [-0.1, -0.05) is 13.8 Å². The van der Waals surface area contributed by atoms with Crippen molar-refractivity contribution in [3.8, 4) is 0 Å². The van der Waals surface area contributed by atoms with E-state index in [1.165, 1.54) is 11.9 Å². The molecular formula is C14H18F2N2O3. The van der Waals surface area contributed by atoms with Crippen LogP contribution in [0.3, 0.4) is 0 Å². The molecule has 1 rings (SSSR count). The molecule has 0 bridgehead atoms. The first-order chi connectivity index (χ1) is 9.65. The Balaban J connectivity index is 3.17. The quantitative estimate of drug-likeness (QED) is 0.618. The van der Waals surface area contributed by atoms with Crippen LogP contribution in [0.1, 0.15) is 37.6 Å². The van der Waals surface area contributed by atoms with Gasteiger partial charge in [-0.05, 0) is 25.3 Å². The maximum atomic E-state index is 13.3. The third kappa shape index (κ3) is 3.96. The molecule has 0 fully saturated rings. The Morgan fingerprint density at radius 1 is 1.29 bits per heavy atom. The standard InChI is InChI=1S/C14H18F2N2O3/c1-8(2)5-9(3)17(4)14(19)10-6-11(15)12(16)7-13(10)18(20)21/h6-9H,5H2,1-4H3. The lowest BCUT2D eigenvalue weighted by Crippen LogP contribution is -2.36. The Morgan fingerprint density at radius 2 is 1.81 bits per heavy atom. The van der Waals surface area contributed by atoms with E-state index < -0.39 is 33.7 Å². The summed E-state index contributed by atoms with van der Waals surface area (Å²) >= 11 is 0. The number of halogens is 2. The molecule has 0 aliphatic heterocycles. The maximum Gasteiger partial charge on any atom is 0.285 e. The molecule has 0 aliphatic carbocycles. The number of nitro groups is 1. The first kappa shape index (κ1) is 17.0. The van der Waals surface area contributed by atoms with Crippen LogP contribution in [0.25, 0.3) is 0 Å². The van der Waals surface area contributed by atoms with Crippen molar-refractivity contribution >= 4 is 11.6 Å². The monoisotopic (exact) mass is 300 g/mol. The highest BCUT2D eigenvalue weighted by atomic mass is 19.2. The van der Waals surface area contributed by atoms with E-state index in [0.29, 0.717) is 24.5 Å². The number of nitrogens with zero attached hydrogens (tertiary/aromatic N) is 2. The first-order valence-corrected chi connectivity index (χ1v) is 6.55. The molecule has 1 atom stereocenters. The minimum Gasteiger partial charge on any atom is -0.339 e. The summed E-state index contributed by atoms with van der Waals surface area (Å²) in [6.45, 7) is 5.76. The van der Waals surface area contributed by atoms with Crippen molar-refractivity contribution < 1.29 is 18.5 Å². The molecule has 0 saturated carbocycles. The zero-order valence-electron chi connectivity index (χ0n) is 12.4. The largest absolute Gasteiger partial charge is 0.339 e. The van der Waals surface area contributed by atoms with Gasteiger partial charge in [0.25, 0.3) is 11.6 Å². The van der Waals surface area contributed by atoms with Crippen molar-refractivity contribution in [2.24, 2.45) is 5.92 Å². The van der Waals surface area contributed by atoms with Crippen molar-refractivity contribution in [2.75, 3.05) is 7.05 Å². The Labute approximate surface area is 121 Å². The van der Waals surface area contributed by atoms with Crippen molar-refractivity contribution in [3.63, 3.8) is 0 Å². The van der Waals surface area contributed by atoms with Crippen LogP contribution in [0.4, 0.5) is 14.5 Å². The molecule has 0 radical (unpaired) electrons. The molecule has 0 saturated heterocycles. The molecule has 21 heavy (non-hydrogen) atoms. The molecular weight excluding hydrogens is 282 g/mol. The molecule has 116 valence electrons. The van der Waals surface area contributed by atoms with E-state index >= 15 is 0 Å². The fourth-order valence-corrected chi connectivity index (χ4v) is 2.09. The SMILES string of the molecule is CC(C)CC(C)N(C)C(=O)c1cc(F)c(F)cc1[N+](=O)[O-]. The molecule has 0 spiro atoms. The topological polar surface area (TPSA) is 63.5 Å². The summed E-state index contributed by atoms with van der Waals surface area (Å²) < 4.78 is 26.4. The Hall–Kier alpha value is -2.05. The zero-order valence-corrected chi connectivity index (χ0v) is 12.4. The average molecular weight is 300 g/mol. The Bertz CT molecular complexity index is 561. The number of rotatable bonds is 5. The summed E-state index contributed by atoms with van der Waals surface area (Å²) in [6, 6.07) is 0.836. The fraction of sp³-hybridized carbons (Fsp3) is 0.500. The Morgan fingerprint density at radius 3 is 2.29 bits per heavy atom. The number of hydrogen-bond acceptors (Lipinski definition) is 3. The number of benzene rings is 1. The van der Waals surface area contributed by atoms with Crippen molar-refractivity contribution in [3.05, 3.63) is 39.4 Å². The second-order valence-corrected chi connectivity index (χ2v) is 5.44. The minimum absolute atomic E-state index is 0.176. The number of carbonyl (C=O) groups excluding carboxylic acids is 1. The normalized spacial score (nSPS) is 12.3. The molecule has 7 heteroatoms. The highest BCUT2D eigenvalue weighted by molar-refractivity contribution is 5.98. The van der Waals surface area contributed by atoms with E-state index in [-0.39, 0.29) is 6.04 Å². The fourth-order valence-electron chi connectivity index (χ4n) is 2.09. The molecule has 1 aromatic carbocycles. The second kappa shape index (κ2) is 6.60. The van der Waals surface area contributed by atoms with Crippen molar-refractivity contribution in [1.82, 2.24) is 4.90 Å². The van der Waals surface area contributed by atoms with E-state index in [9.17, 15) is 23.7 Å². The molecule has 1 unspecified atom stereocenters. The predicted molar refractivity (Wildman–Crippen MR) is 74.0 cm³/mol. The van der Waals surface area contributed by atoms with Gasteiger partial charge in [0.05, 0.1) is 11.0 Å². The molecule has 0 aromatic heterocycles. The van der Waals surface area contributed by atoms with Gasteiger partial charge in [0.1, 0.15) is 5.56 Å². The molecule has 0 N–H and O–H groups in total. The molecule has 0 heterocycles. The van der Waals surface area contributed by atoms with E-state index in [1.807, 2.05) is 13.8 Å². The summed E-state index contributed by atoms with van der Waals surface area (Å²) in [4.78, 5) is 23.6. The predicted octanol–water partition coefficient (Wildman–Crippen LogP) is 3.38. The lowest BCUT2D eigenvalue weighted by Gasteiger charge is -2.26. The third-order valence-corrected chi connectivity index (χ3v) is 3.26. The van der Waals surface area contributed by atoms with Gasteiger partial charge in [0.2, 0.25) is 0 Å². The van der Waals surface area contributed by atoms with Crippen LogP contribution < -0.4 is 0 Å². The Kier molecular flexibility index (Phi) is 5.34. The van der Waals surface area contributed by atoms with Gasteiger partial charge in [0.15, 0.2) is 11.6 Å².